The van der Waals surface area contributed by atoms with E-state index >= 15 is 0 Å². The zero-order valence-electron chi connectivity index (χ0n) is 20.7. The number of aryl methyl sites for hydroxylation is 2. The van der Waals surface area contributed by atoms with Crippen molar-refractivity contribution in [3.05, 3.63) is 69.5 Å². The van der Waals surface area contributed by atoms with Gasteiger partial charge in [-0.3, -0.25) is 9.69 Å². The molecule has 35 heavy (non-hydrogen) atoms. The van der Waals surface area contributed by atoms with E-state index in [0.29, 0.717) is 17.2 Å². The third-order valence-electron chi connectivity index (χ3n) is 6.53. The molecule has 3 aromatic rings. The van der Waals surface area contributed by atoms with Crippen LogP contribution in [0.4, 0.5) is 5.69 Å². The molecule has 8 heteroatoms. The van der Waals surface area contributed by atoms with Crippen LogP contribution in [0.5, 0.6) is 5.75 Å². The Bertz CT molecular complexity index is 1220. The number of nitrogens with zero attached hydrogens (tertiary/aromatic N) is 2. The molecule has 1 aliphatic heterocycles. The molecule has 2 heterocycles. The Morgan fingerprint density at radius 1 is 1.14 bits per heavy atom. The summed E-state index contributed by atoms with van der Waals surface area (Å²) in [6, 6.07) is 13.8. The number of ether oxygens (including phenoxy) is 2. The second kappa shape index (κ2) is 11.7. The average molecular weight is 495 g/mol. The molecular formula is C27H34N4O3S. The third kappa shape index (κ3) is 6.60. The van der Waals surface area contributed by atoms with Crippen LogP contribution in [0.2, 0.25) is 0 Å². The first-order chi connectivity index (χ1) is 16.9. The van der Waals surface area contributed by atoms with Gasteiger partial charge in [-0.2, -0.15) is 0 Å². The molecule has 2 N–H and O–H groups in total. The van der Waals surface area contributed by atoms with Crippen LogP contribution in [-0.4, -0.2) is 66.4 Å². The van der Waals surface area contributed by atoms with Gasteiger partial charge in [0.25, 0.3) is 5.56 Å². The van der Waals surface area contributed by atoms with E-state index in [9.17, 15) is 4.79 Å². The van der Waals surface area contributed by atoms with Gasteiger partial charge in [0, 0.05) is 42.9 Å². The predicted molar refractivity (Wildman–Crippen MR) is 146 cm³/mol. The minimum absolute atomic E-state index is 0.0776. The molecule has 0 amide bonds. The smallest absolute Gasteiger partial charge is 0.253 e. The lowest BCUT2D eigenvalue weighted by atomic mass is 10.0. The molecule has 2 aromatic carbocycles. The van der Waals surface area contributed by atoms with Gasteiger partial charge < -0.3 is 24.7 Å². The SMILES string of the molecule is COc1ccc(NC(=S)N(CCCN2CCOCC2)Cc2cc3cc(C)c(C)cc3[nH]c2=O)cc1. The molecule has 0 spiro atoms. The van der Waals surface area contributed by atoms with Crippen LogP contribution < -0.4 is 15.6 Å². The molecule has 1 fully saturated rings. The fourth-order valence-electron chi connectivity index (χ4n) is 4.28. The number of pyridine rings is 1. The van der Waals surface area contributed by atoms with Crippen molar-refractivity contribution in [1.82, 2.24) is 14.8 Å². The van der Waals surface area contributed by atoms with Crippen molar-refractivity contribution < 1.29 is 9.47 Å². The normalized spacial score (nSPS) is 14.1. The van der Waals surface area contributed by atoms with Gasteiger partial charge in [0.1, 0.15) is 5.75 Å². The summed E-state index contributed by atoms with van der Waals surface area (Å²) < 4.78 is 10.7. The third-order valence-corrected chi connectivity index (χ3v) is 6.89. The second-order valence-corrected chi connectivity index (χ2v) is 9.42. The van der Waals surface area contributed by atoms with E-state index in [-0.39, 0.29) is 5.56 Å². The summed E-state index contributed by atoms with van der Waals surface area (Å²) in [6.07, 6.45) is 0.939. The highest BCUT2D eigenvalue weighted by molar-refractivity contribution is 7.80. The van der Waals surface area contributed by atoms with Gasteiger partial charge in [0.15, 0.2) is 5.11 Å². The first-order valence-electron chi connectivity index (χ1n) is 12.1. The zero-order valence-corrected chi connectivity index (χ0v) is 21.5. The van der Waals surface area contributed by atoms with Gasteiger partial charge in [-0.1, -0.05) is 0 Å². The maximum absolute atomic E-state index is 13.0. The lowest BCUT2D eigenvalue weighted by molar-refractivity contribution is 0.0367. The molecule has 0 radical (unpaired) electrons. The first kappa shape index (κ1) is 25.2. The number of aromatic nitrogens is 1. The van der Waals surface area contributed by atoms with Gasteiger partial charge in [0.05, 0.1) is 26.9 Å². The summed E-state index contributed by atoms with van der Waals surface area (Å²) in [4.78, 5) is 20.5. The molecule has 0 atom stereocenters. The summed E-state index contributed by atoms with van der Waals surface area (Å²) in [5.41, 5.74) is 4.73. The zero-order chi connectivity index (χ0) is 24.8. The van der Waals surface area contributed by atoms with E-state index in [2.05, 4.69) is 40.0 Å². The molecule has 1 aliphatic rings. The van der Waals surface area contributed by atoms with Crippen molar-refractivity contribution in [3.63, 3.8) is 0 Å². The van der Waals surface area contributed by atoms with Gasteiger partial charge >= 0.3 is 0 Å². The number of fused-ring (bicyclic) bond motifs is 1. The van der Waals surface area contributed by atoms with Crippen LogP contribution in [0.1, 0.15) is 23.1 Å². The molecule has 186 valence electrons. The number of nitrogens with one attached hydrogen (secondary N) is 2. The molecule has 7 nitrogen and oxygen atoms in total. The van der Waals surface area contributed by atoms with E-state index < -0.39 is 0 Å². The highest BCUT2D eigenvalue weighted by Crippen LogP contribution is 2.19. The number of H-pyrrole nitrogens is 1. The quantitative estimate of drug-likeness (QED) is 0.458. The van der Waals surface area contributed by atoms with Crippen LogP contribution in [0.3, 0.4) is 0 Å². The van der Waals surface area contributed by atoms with Crippen molar-refractivity contribution in [2.75, 3.05) is 51.8 Å². The number of benzene rings is 2. The standard InChI is InChI=1S/C27H34N4O3S/c1-19-15-21-17-22(26(32)29-25(21)16-20(19)2)18-31(10-4-9-30-11-13-34-14-12-30)27(35)28-23-5-7-24(33-3)8-6-23/h5-8,15-17H,4,9-14,18H2,1-3H3,(H,28,35)(H,29,32). The van der Waals surface area contributed by atoms with E-state index in [4.69, 9.17) is 21.7 Å². The van der Waals surface area contributed by atoms with E-state index in [1.54, 1.807) is 7.11 Å². The number of anilines is 1. The van der Waals surface area contributed by atoms with Gasteiger partial charge in [-0.15, -0.1) is 0 Å². The molecule has 0 bridgehead atoms. The minimum Gasteiger partial charge on any atom is -0.497 e. The number of aromatic amines is 1. The summed E-state index contributed by atoms with van der Waals surface area (Å²) in [7, 11) is 1.65. The maximum atomic E-state index is 13.0. The van der Waals surface area contributed by atoms with E-state index in [1.807, 2.05) is 36.4 Å². The summed E-state index contributed by atoms with van der Waals surface area (Å²) >= 11 is 5.80. The highest BCUT2D eigenvalue weighted by atomic mass is 32.1. The van der Waals surface area contributed by atoms with Crippen molar-refractivity contribution in [2.45, 2.75) is 26.8 Å². The number of hydrogen-bond donors (Lipinski definition) is 2. The van der Waals surface area contributed by atoms with E-state index in [1.165, 1.54) is 5.56 Å². The summed E-state index contributed by atoms with van der Waals surface area (Å²) in [6.45, 7) is 9.77. The highest BCUT2D eigenvalue weighted by Gasteiger charge is 2.16. The topological polar surface area (TPSA) is 69.8 Å². The molecule has 4 rings (SSSR count). The predicted octanol–water partition coefficient (Wildman–Crippen LogP) is 4.07. The summed E-state index contributed by atoms with van der Waals surface area (Å²) in [5, 5.41) is 4.96. The Hall–Kier alpha value is -2.94. The Morgan fingerprint density at radius 3 is 2.57 bits per heavy atom. The lowest BCUT2D eigenvalue weighted by Crippen LogP contribution is -2.40. The monoisotopic (exact) mass is 494 g/mol. The molecule has 0 aliphatic carbocycles. The van der Waals surface area contributed by atoms with Crippen molar-refractivity contribution in [1.29, 1.82) is 0 Å². The summed E-state index contributed by atoms with van der Waals surface area (Å²) in [5.74, 6) is 0.789. The first-order valence-corrected chi connectivity index (χ1v) is 12.5. The second-order valence-electron chi connectivity index (χ2n) is 9.04. The molecule has 1 aromatic heterocycles. The van der Waals surface area contributed by atoms with Gasteiger partial charge in [0.2, 0.25) is 0 Å². The largest absolute Gasteiger partial charge is 0.497 e. The molecule has 0 saturated carbocycles. The Morgan fingerprint density at radius 2 is 1.86 bits per heavy atom. The van der Waals surface area contributed by atoms with Crippen molar-refractivity contribution in [2.24, 2.45) is 0 Å². The van der Waals surface area contributed by atoms with Crippen LogP contribution in [0.15, 0.2) is 47.3 Å². The fourth-order valence-corrected chi connectivity index (χ4v) is 4.56. The van der Waals surface area contributed by atoms with Crippen molar-refractivity contribution in [3.8, 4) is 5.75 Å². The number of hydrogen-bond acceptors (Lipinski definition) is 5. The van der Waals surface area contributed by atoms with Gasteiger partial charge in [-0.05, 0) is 91.5 Å². The van der Waals surface area contributed by atoms with Crippen LogP contribution >= 0.6 is 12.2 Å². The minimum atomic E-state index is -0.0776. The molecular weight excluding hydrogens is 460 g/mol. The van der Waals surface area contributed by atoms with Crippen LogP contribution in [-0.2, 0) is 11.3 Å². The number of morpholine rings is 1. The van der Waals surface area contributed by atoms with Crippen LogP contribution in [0, 0.1) is 13.8 Å². The Kier molecular flexibility index (Phi) is 8.38. The number of methoxy groups -OCH3 is 1. The Balaban J connectivity index is 1.52. The maximum Gasteiger partial charge on any atom is 0.253 e. The van der Waals surface area contributed by atoms with E-state index in [0.717, 1.165) is 73.7 Å². The average Bonchev–Trinajstić information content (AvgIpc) is 2.86. The van der Waals surface area contributed by atoms with Gasteiger partial charge in [-0.25, -0.2) is 0 Å². The number of rotatable bonds is 8. The van der Waals surface area contributed by atoms with Crippen LogP contribution in [0.25, 0.3) is 10.9 Å². The molecule has 0 unspecified atom stereocenters. The van der Waals surface area contributed by atoms with Crippen molar-refractivity contribution >= 4 is 33.9 Å². The Labute approximate surface area is 212 Å². The molecule has 1 saturated heterocycles. The fraction of sp³-hybridized carbons (Fsp3) is 0.407. The number of thiocarbonyl (C=S) groups is 1. The lowest BCUT2D eigenvalue weighted by Gasteiger charge is -2.29.